The molecule has 1 aliphatic heterocycles. The Hall–Kier alpha value is -0.830. The number of amides is 1. The molecule has 1 rings (SSSR count). The van der Waals surface area contributed by atoms with Crippen molar-refractivity contribution in [3.05, 3.63) is 11.8 Å². The summed E-state index contributed by atoms with van der Waals surface area (Å²) >= 11 is 0. The van der Waals surface area contributed by atoms with Crippen molar-refractivity contribution in [3.63, 3.8) is 0 Å². The third-order valence-corrected chi connectivity index (χ3v) is 3.54. The van der Waals surface area contributed by atoms with E-state index in [0.29, 0.717) is 0 Å². The molecule has 1 amide bonds. The van der Waals surface area contributed by atoms with Gasteiger partial charge in [-0.15, -0.1) is 0 Å². The fourth-order valence-corrected chi connectivity index (χ4v) is 2.70. The lowest BCUT2D eigenvalue weighted by Crippen LogP contribution is -2.59. The predicted molar refractivity (Wildman–Crippen MR) is 71.7 cm³/mol. The van der Waals surface area contributed by atoms with E-state index in [1.54, 1.807) is 0 Å². The van der Waals surface area contributed by atoms with E-state index < -0.39 is 5.54 Å². The fourth-order valence-electron chi connectivity index (χ4n) is 2.70. The minimum atomic E-state index is -0.465. The molecule has 0 aliphatic carbocycles. The van der Waals surface area contributed by atoms with Crippen LogP contribution in [0.15, 0.2) is 11.8 Å². The molecular formula is C14H26N2O. The summed E-state index contributed by atoms with van der Waals surface area (Å²) in [6, 6.07) is 0. The van der Waals surface area contributed by atoms with Gasteiger partial charge in [-0.2, -0.15) is 0 Å². The summed E-state index contributed by atoms with van der Waals surface area (Å²) < 4.78 is 0. The van der Waals surface area contributed by atoms with E-state index in [2.05, 4.69) is 37.1 Å². The van der Waals surface area contributed by atoms with E-state index in [9.17, 15) is 4.79 Å². The molecule has 0 unspecified atom stereocenters. The highest BCUT2D eigenvalue weighted by Gasteiger charge is 2.43. The van der Waals surface area contributed by atoms with Crippen LogP contribution in [0.3, 0.4) is 0 Å². The van der Waals surface area contributed by atoms with E-state index in [1.165, 1.54) is 0 Å². The number of hydrogen-bond donors (Lipinski definition) is 1. The maximum absolute atomic E-state index is 12.2. The standard InChI is InChI=1S/C14H26N2O/c1-7-8-9-16-13(3,4)10-11(2)15-12(17)14(16,5)6/h10H,7-9H2,1-6H3,(H,15,17). The van der Waals surface area contributed by atoms with E-state index >= 15 is 0 Å². The number of rotatable bonds is 3. The van der Waals surface area contributed by atoms with Gasteiger partial charge in [-0.05, 0) is 53.7 Å². The monoisotopic (exact) mass is 238 g/mol. The van der Waals surface area contributed by atoms with Gasteiger partial charge in [-0.3, -0.25) is 9.69 Å². The second kappa shape index (κ2) is 4.81. The van der Waals surface area contributed by atoms with Crippen LogP contribution in [0.5, 0.6) is 0 Å². The average molecular weight is 238 g/mol. The van der Waals surface area contributed by atoms with Crippen LogP contribution in [0.25, 0.3) is 0 Å². The lowest BCUT2D eigenvalue weighted by molar-refractivity contribution is -0.133. The van der Waals surface area contributed by atoms with E-state index in [0.717, 1.165) is 25.1 Å². The van der Waals surface area contributed by atoms with Crippen LogP contribution in [-0.2, 0) is 4.79 Å². The molecule has 0 bridgehead atoms. The van der Waals surface area contributed by atoms with Gasteiger partial charge < -0.3 is 5.32 Å². The molecule has 0 fully saturated rings. The number of allylic oxidation sites excluding steroid dienone is 1. The molecule has 0 radical (unpaired) electrons. The number of nitrogens with one attached hydrogen (secondary N) is 1. The first kappa shape index (κ1) is 14.2. The molecule has 0 spiro atoms. The van der Waals surface area contributed by atoms with Gasteiger partial charge in [-0.25, -0.2) is 0 Å². The van der Waals surface area contributed by atoms with Crippen LogP contribution in [0.4, 0.5) is 0 Å². The fraction of sp³-hybridized carbons (Fsp3) is 0.786. The van der Waals surface area contributed by atoms with Crippen molar-refractivity contribution in [2.75, 3.05) is 6.54 Å². The summed E-state index contributed by atoms with van der Waals surface area (Å²) in [5.74, 6) is 0.0907. The molecule has 0 saturated carbocycles. The van der Waals surface area contributed by atoms with Gasteiger partial charge in [0.25, 0.3) is 0 Å². The largest absolute Gasteiger partial charge is 0.329 e. The van der Waals surface area contributed by atoms with Crippen LogP contribution < -0.4 is 5.32 Å². The van der Waals surface area contributed by atoms with Crippen molar-refractivity contribution in [1.29, 1.82) is 0 Å². The summed E-state index contributed by atoms with van der Waals surface area (Å²) in [5, 5.41) is 2.97. The zero-order chi connectivity index (χ0) is 13.3. The third kappa shape index (κ3) is 2.89. The van der Waals surface area contributed by atoms with E-state index in [-0.39, 0.29) is 11.4 Å². The highest BCUT2D eigenvalue weighted by atomic mass is 16.2. The summed E-state index contributed by atoms with van der Waals surface area (Å²) in [7, 11) is 0. The number of unbranched alkanes of at least 4 members (excludes halogenated alkanes) is 1. The lowest BCUT2D eigenvalue weighted by Gasteiger charge is -2.44. The minimum absolute atomic E-state index is 0.0907. The summed E-state index contributed by atoms with van der Waals surface area (Å²) in [4.78, 5) is 14.5. The number of hydrogen-bond acceptors (Lipinski definition) is 2. The maximum atomic E-state index is 12.2. The van der Waals surface area contributed by atoms with Gasteiger partial charge in [0, 0.05) is 11.2 Å². The molecular weight excluding hydrogens is 212 g/mol. The summed E-state index contributed by atoms with van der Waals surface area (Å²) in [6.07, 6.45) is 4.41. The zero-order valence-corrected chi connectivity index (χ0v) is 12.1. The topological polar surface area (TPSA) is 32.3 Å². The van der Waals surface area contributed by atoms with Gasteiger partial charge >= 0.3 is 0 Å². The van der Waals surface area contributed by atoms with Crippen molar-refractivity contribution in [2.45, 2.75) is 65.5 Å². The van der Waals surface area contributed by atoms with Crippen molar-refractivity contribution in [2.24, 2.45) is 0 Å². The van der Waals surface area contributed by atoms with Gasteiger partial charge in [0.2, 0.25) is 5.91 Å². The van der Waals surface area contributed by atoms with Gasteiger partial charge in [0.15, 0.2) is 0 Å². The molecule has 3 heteroatoms. The second-order valence-corrected chi connectivity index (χ2v) is 6.00. The Morgan fingerprint density at radius 3 is 2.41 bits per heavy atom. The molecule has 0 aromatic rings. The summed E-state index contributed by atoms with van der Waals surface area (Å²) in [5.41, 5.74) is 0.390. The van der Waals surface area contributed by atoms with E-state index in [1.807, 2.05) is 20.8 Å². The van der Waals surface area contributed by atoms with Crippen LogP contribution in [0, 0.1) is 0 Å². The van der Waals surface area contributed by atoms with Crippen LogP contribution in [-0.4, -0.2) is 28.4 Å². The number of carbonyl (C=O) groups excluding carboxylic acids is 1. The number of carbonyl (C=O) groups is 1. The number of nitrogens with zero attached hydrogens (tertiary/aromatic N) is 1. The molecule has 0 atom stereocenters. The second-order valence-electron chi connectivity index (χ2n) is 6.00. The van der Waals surface area contributed by atoms with E-state index in [4.69, 9.17) is 0 Å². The minimum Gasteiger partial charge on any atom is -0.329 e. The SMILES string of the molecule is CCCCN1C(C)(C)C=C(C)NC(=O)C1(C)C. The van der Waals surface area contributed by atoms with Crippen LogP contribution >= 0.6 is 0 Å². The first-order valence-electron chi connectivity index (χ1n) is 6.50. The maximum Gasteiger partial charge on any atom is 0.244 e. The average Bonchev–Trinajstić information content (AvgIpc) is 2.20. The Labute approximate surface area is 105 Å². The molecule has 3 nitrogen and oxygen atoms in total. The van der Waals surface area contributed by atoms with Gasteiger partial charge in [0.1, 0.15) is 0 Å². The van der Waals surface area contributed by atoms with Crippen LogP contribution in [0.1, 0.15) is 54.4 Å². The van der Waals surface area contributed by atoms with Crippen molar-refractivity contribution in [1.82, 2.24) is 10.2 Å². The van der Waals surface area contributed by atoms with Crippen molar-refractivity contribution >= 4 is 5.91 Å². The predicted octanol–water partition coefficient (Wildman–Crippen LogP) is 2.68. The Morgan fingerprint density at radius 2 is 1.88 bits per heavy atom. The first-order valence-corrected chi connectivity index (χ1v) is 6.50. The highest BCUT2D eigenvalue weighted by Crippen LogP contribution is 2.30. The Balaban J connectivity index is 3.11. The van der Waals surface area contributed by atoms with Crippen molar-refractivity contribution < 1.29 is 4.79 Å². The quantitative estimate of drug-likeness (QED) is 0.820. The van der Waals surface area contributed by atoms with Gasteiger partial charge in [0.05, 0.1) is 5.54 Å². The van der Waals surface area contributed by atoms with Gasteiger partial charge in [-0.1, -0.05) is 13.3 Å². The molecule has 98 valence electrons. The smallest absolute Gasteiger partial charge is 0.244 e. The molecule has 0 aromatic heterocycles. The molecule has 1 heterocycles. The Kier molecular flexibility index (Phi) is 4.03. The Morgan fingerprint density at radius 1 is 1.29 bits per heavy atom. The zero-order valence-electron chi connectivity index (χ0n) is 12.1. The first-order chi connectivity index (χ1) is 7.71. The molecule has 0 saturated heterocycles. The van der Waals surface area contributed by atoms with Crippen molar-refractivity contribution in [3.8, 4) is 0 Å². The molecule has 1 N–H and O–H groups in total. The molecule has 1 aliphatic rings. The van der Waals surface area contributed by atoms with Crippen LogP contribution in [0.2, 0.25) is 0 Å². The molecule has 17 heavy (non-hydrogen) atoms. The third-order valence-electron chi connectivity index (χ3n) is 3.54. The Bertz CT molecular complexity index is 329. The lowest BCUT2D eigenvalue weighted by atomic mass is 9.92. The molecule has 0 aromatic carbocycles. The normalized spacial score (nSPS) is 23.9. The summed E-state index contributed by atoms with van der Waals surface area (Å²) in [6.45, 7) is 13.5. The highest BCUT2D eigenvalue weighted by molar-refractivity contribution is 5.87.